The zero-order valence-electron chi connectivity index (χ0n) is 3.99. The molecule has 1 radical (unpaired) electrons. The van der Waals surface area contributed by atoms with Crippen molar-refractivity contribution in [2.45, 2.75) is 6.92 Å². The molecule has 0 fully saturated rings. The van der Waals surface area contributed by atoms with Gasteiger partial charge in [-0.05, 0) is 0 Å². The Morgan fingerprint density at radius 2 is 2.00 bits per heavy atom. The van der Waals surface area contributed by atoms with Crippen molar-refractivity contribution in [3.63, 3.8) is 0 Å². The Balaban J connectivity index is 0. The summed E-state index contributed by atoms with van der Waals surface area (Å²) >= 11 is -1.57. The molecule has 1 atom stereocenters. The first-order valence-corrected chi connectivity index (χ1v) is 2.65. The fourth-order valence-corrected chi connectivity index (χ4v) is 0. The number of rotatable bonds is 1. The minimum atomic E-state index is -1.57. The second-order valence-electron chi connectivity index (χ2n) is 0.619. The summed E-state index contributed by atoms with van der Waals surface area (Å²) in [5, 5.41) is 0. The molecule has 0 aromatic carbocycles. The van der Waals surface area contributed by atoms with E-state index in [1.165, 1.54) is 0 Å². The van der Waals surface area contributed by atoms with Crippen LogP contribution >= 0.6 is 0 Å². The van der Waals surface area contributed by atoms with Gasteiger partial charge >= 0.3 is 0 Å². The Kier molecular flexibility index (Phi) is 10.3. The molecule has 0 heterocycles. The van der Waals surface area contributed by atoms with Crippen LogP contribution in [-0.4, -0.2) is 35.3 Å². The fraction of sp³-hybridized carbons (Fsp3) is 1.00. The molecule has 0 aliphatic carbocycles. The third-order valence-corrected chi connectivity index (χ3v) is 0.760. The molecule has 0 rings (SSSR count). The van der Waals surface area contributed by atoms with E-state index in [0.717, 1.165) is 0 Å². The van der Waals surface area contributed by atoms with Crippen molar-refractivity contribution >= 4 is 40.6 Å². The van der Waals surface area contributed by atoms with E-state index in [0.29, 0.717) is 5.75 Å². The van der Waals surface area contributed by atoms with Crippen molar-refractivity contribution in [2.75, 3.05) is 5.75 Å². The van der Waals surface area contributed by atoms with Crippen LogP contribution in [0.1, 0.15) is 6.92 Å². The van der Waals surface area contributed by atoms with Crippen LogP contribution in [0.5, 0.6) is 0 Å². The van der Waals surface area contributed by atoms with E-state index >= 15 is 0 Å². The van der Waals surface area contributed by atoms with Crippen LogP contribution in [0, 0.1) is 4.78 Å². The zero-order valence-corrected chi connectivity index (χ0v) is 6.81. The molecule has 1 N–H and O–H groups in total. The summed E-state index contributed by atoms with van der Waals surface area (Å²) in [6.07, 6.45) is 0. The van der Waals surface area contributed by atoms with Crippen LogP contribution in [0.15, 0.2) is 0 Å². The van der Waals surface area contributed by atoms with E-state index in [4.69, 9.17) is 4.78 Å². The second-order valence-corrected chi connectivity index (χ2v) is 1.86. The van der Waals surface area contributed by atoms with E-state index in [9.17, 15) is 3.89 Å². The second kappa shape index (κ2) is 6.08. The predicted molar refractivity (Wildman–Crippen MR) is 27.5 cm³/mol. The summed E-state index contributed by atoms with van der Waals surface area (Å²) in [6.45, 7) is 1.65. The van der Waals surface area contributed by atoms with Gasteiger partial charge in [-0.25, -0.2) is 0 Å². The van der Waals surface area contributed by atoms with E-state index < -0.39 is 11.1 Å². The van der Waals surface area contributed by atoms with Gasteiger partial charge in [-0.2, -0.15) is 3.89 Å². The van der Waals surface area contributed by atoms with Gasteiger partial charge in [0.2, 0.25) is 0 Å². The van der Waals surface area contributed by atoms with Crippen molar-refractivity contribution in [1.82, 2.24) is 0 Å². The fourth-order valence-electron chi connectivity index (χ4n) is 0. The third kappa shape index (κ3) is 8.91. The van der Waals surface area contributed by atoms with Gasteiger partial charge in [0, 0.05) is 35.3 Å². The molecule has 4 heteroatoms. The average molecular weight is 118 g/mol. The molecule has 0 aromatic heterocycles. The molecule has 33 valence electrons. The standard InChI is InChI=1S/C2H6FNS.Na/c1-2-5(3)4;/h4H,2H2,1H3;. The Bertz CT molecular complexity index is 48.8. The van der Waals surface area contributed by atoms with Gasteiger partial charge < -0.3 is 0 Å². The van der Waals surface area contributed by atoms with Gasteiger partial charge in [-0.3, -0.25) is 4.78 Å². The maximum atomic E-state index is 11.1. The van der Waals surface area contributed by atoms with Gasteiger partial charge in [0.25, 0.3) is 0 Å². The number of nitrogens with one attached hydrogen (secondary N) is 1. The molecule has 0 saturated heterocycles. The normalized spacial score (nSPS) is 12.3. The first-order valence-electron chi connectivity index (χ1n) is 1.35. The molecule has 0 saturated carbocycles. The molecule has 0 amide bonds. The van der Waals surface area contributed by atoms with Crippen molar-refractivity contribution in [3.05, 3.63) is 0 Å². The first-order chi connectivity index (χ1) is 2.27. The Hall–Kier alpha value is 1.08. The van der Waals surface area contributed by atoms with E-state index in [1.807, 2.05) is 0 Å². The zero-order chi connectivity index (χ0) is 4.28. The van der Waals surface area contributed by atoms with Crippen LogP contribution in [0.2, 0.25) is 0 Å². The van der Waals surface area contributed by atoms with Gasteiger partial charge in [-0.15, -0.1) is 0 Å². The number of hydrogen-bond acceptors (Lipinski definition) is 1. The van der Waals surface area contributed by atoms with Gasteiger partial charge in [0.1, 0.15) is 0 Å². The summed E-state index contributed by atoms with van der Waals surface area (Å²) in [4.78, 5) is 0. The smallest absolute Gasteiger partial charge is 0.0740 e. The van der Waals surface area contributed by atoms with Crippen LogP contribution in [-0.2, 0) is 11.1 Å². The topological polar surface area (TPSA) is 23.9 Å². The molecule has 0 aromatic rings. The van der Waals surface area contributed by atoms with Gasteiger partial charge in [0.05, 0.1) is 11.1 Å². The summed E-state index contributed by atoms with van der Waals surface area (Å²) in [6, 6.07) is 0. The molecular formula is C2H6FNNaS. The first kappa shape index (κ1) is 10.1. The molecular weight excluding hydrogens is 112 g/mol. The van der Waals surface area contributed by atoms with E-state index in [-0.39, 0.29) is 29.6 Å². The Labute approximate surface area is 61.8 Å². The maximum Gasteiger partial charge on any atom is 0.0740 e. The quantitative estimate of drug-likeness (QED) is 0.494. The van der Waals surface area contributed by atoms with E-state index in [1.54, 1.807) is 6.92 Å². The molecule has 0 bridgehead atoms. The van der Waals surface area contributed by atoms with E-state index in [2.05, 4.69) is 0 Å². The molecule has 1 nitrogen and oxygen atoms in total. The van der Waals surface area contributed by atoms with Crippen molar-refractivity contribution in [3.8, 4) is 0 Å². The van der Waals surface area contributed by atoms with Crippen molar-refractivity contribution < 1.29 is 3.89 Å². The van der Waals surface area contributed by atoms with Gasteiger partial charge in [-0.1, -0.05) is 6.92 Å². The van der Waals surface area contributed by atoms with Crippen LogP contribution in [0.25, 0.3) is 0 Å². The summed E-state index contributed by atoms with van der Waals surface area (Å²) in [5.41, 5.74) is 0. The summed E-state index contributed by atoms with van der Waals surface area (Å²) in [7, 11) is 0. The SMILES string of the molecule is CCS(=N)F.[Na]. The van der Waals surface area contributed by atoms with Gasteiger partial charge in [0.15, 0.2) is 0 Å². The monoisotopic (exact) mass is 118 g/mol. The third-order valence-electron chi connectivity index (χ3n) is 0.253. The minimum absolute atomic E-state index is 0. The molecule has 0 spiro atoms. The average Bonchev–Trinajstić information content (AvgIpc) is 1.38. The number of hydrogen-bond donors (Lipinski definition) is 1. The summed E-state index contributed by atoms with van der Waals surface area (Å²) < 4.78 is 17.3. The summed E-state index contributed by atoms with van der Waals surface area (Å²) in [5.74, 6) is 0.333. The van der Waals surface area contributed by atoms with Crippen molar-refractivity contribution in [2.24, 2.45) is 0 Å². The van der Waals surface area contributed by atoms with Crippen LogP contribution in [0.3, 0.4) is 0 Å². The predicted octanol–water partition coefficient (Wildman–Crippen LogP) is 0.891. The van der Waals surface area contributed by atoms with Crippen LogP contribution < -0.4 is 0 Å². The Morgan fingerprint density at radius 3 is 2.00 bits per heavy atom. The molecule has 0 aliphatic heterocycles. The maximum absolute atomic E-state index is 11.1. The minimum Gasteiger partial charge on any atom is -0.251 e. The molecule has 6 heavy (non-hydrogen) atoms. The molecule has 0 aliphatic rings. The van der Waals surface area contributed by atoms with Crippen molar-refractivity contribution in [1.29, 1.82) is 4.78 Å². The largest absolute Gasteiger partial charge is 0.251 e. The number of halogens is 1. The van der Waals surface area contributed by atoms with Crippen LogP contribution in [0.4, 0.5) is 3.89 Å². The molecule has 1 unspecified atom stereocenters. The Morgan fingerprint density at radius 1 is 1.83 bits per heavy atom.